The van der Waals surface area contributed by atoms with Crippen LogP contribution in [0.3, 0.4) is 0 Å². The number of halogens is 1. The molecule has 1 amide bonds. The summed E-state index contributed by atoms with van der Waals surface area (Å²) in [4.78, 5) is 20.3. The molecule has 1 aliphatic rings. The minimum atomic E-state index is -0.503. The van der Waals surface area contributed by atoms with Crippen molar-refractivity contribution in [1.29, 1.82) is 5.26 Å². The van der Waals surface area contributed by atoms with E-state index in [4.69, 9.17) is 9.15 Å². The zero-order valence-corrected chi connectivity index (χ0v) is 18.2. The highest BCUT2D eigenvalue weighted by Gasteiger charge is 2.26. The molecule has 2 aromatic carbocycles. The van der Waals surface area contributed by atoms with Crippen LogP contribution in [0.25, 0.3) is 12.2 Å². The maximum atomic E-state index is 13.7. The Kier molecular flexibility index (Phi) is 6.69. The smallest absolute Gasteiger partial charge is 0.260 e. The van der Waals surface area contributed by atoms with Crippen LogP contribution < -0.4 is 9.64 Å². The highest BCUT2D eigenvalue weighted by atomic mass is 19.1. The Morgan fingerprint density at radius 3 is 2.58 bits per heavy atom. The first-order chi connectivity index (χ1) is 16.0. The average molecular weight is 446 g/mol. The van der Waals surface area contributed by atoms with E-state index in [1.54, 1.807) is 23.1 Å². The summed E-state index contributed by atoms with van der Waals surface area (Å²) in [6, 6.07) is 16.1. The van der Waals surface area contributed by atoms with Gasteiger partial charge >= 0.3 is 0 Å². The van der Waals surface area contributed by atoms with Gasteiger partial charge in [-0.1, -0.05) is 42.0 Å². The molecule has 8 heteroatoms. The summed E-state index contributed by atoms with van der Waals surface area (Å²) < 4.78 is 24.8. The predicted octanol–water partition coefficient (Wildman–Crippen LogP) is 3.89. The highest BCUT2D eigenvalue weighted by Crippen LogP contribution is 2.24. The van der Waals surface area contributed by atoms with Crippen LogP contribution in [-0.2, 0) is 4.79 Å². The second-order valence-corrected chi connectivity index (χ2v) is 7.65. The Balaban J connectivity index is 1.35. The number of carbonyl (C=O) groups excluding carboxylic acids is 1. The quantitative estimate of drug-likeness (QED) is 0.571. The lowest BCUT2D eigenvalue weighted by atomic mass is 10.1. The van der Waals surface area contributed by atoms with E-state index in [1.807, 2.05) is 42.2 Å². The van der Waals surface area contributed by atoms with Crippen molar-refractivity contribution in [3.63, 3.8) is 0 Å². The van der Waals surface area contributed by atoms with Gasteiger partial charge in [-0.2, -0.15) is 10.2 Å². The fraction of sp³-hybridized carbons (Fsp3) is 0.240. The van der Waals surface area contributed by atoms with Crippen LogP contribution >= 0.6 is 0 Å². The number of para-hydroxylation sites is 1. The van der Waals surface area contributed by atoms with Crippen molar-refractivity contribution >= 4 is 23.9 Å². The minimum Gasteiger partial charge on any atom is -0.481 e. The highest BCUT2D eigenvalue weighted by molar-refractivity contribution is 5.78. The summed E-state index contributed by atoms with van der Waals surface area (Å²) in [6.07, 6.45) is 3.61. The van der Waals surface area contributed by atoms with Gasteiger partial charge in [0.15, 0.2) is 18.2 Å². The molecule has 1 aromatic heterocycles. The third-order valence-electron chi connectivity index (χ3n) is 5.33. The summed E-state index contributed by atoms with van der Waals surface area (Å²) >= 11 is 0. The molecule has 0 aliphatic carbocycles. The number of aryl methyl sites for hydroxylation is 1. The Morgan fingerprint density at radius 2 is 1.88 bits per heavy atom. The zero-order valence-electron chi connectivity index (χ0n) is 18.2. The van der Waals surface area contributed by atoms with Gasteiger partial charge in [0, 0.05) is 32.3 Å². The Hall–Kier alpha value is -4.12. The van der Waals surface area contributed by atoms with E-state index >= 15 is 0 Å². The molecule has 0 N–H and O–H groups in total. The lowest BCUT2D eigenvalue weighted by Gasteiger charge is -2.34. The number of carbonyl (C=O) groups is 1. The second kappa shape index (κ2) is 10.0. The van der Waals surface area contributed by atoms with Crippen LogP contribution in [0.5, 0.6) is 5.75 Å². The van der Waals surface area contributed by atoms with Gasteiger partial charge in [0.05, 0.1) is 0 Å². The van der Waals surface area contributed by atoms with Gasteiger partial charge in [0.1, 0.15) is 6.07 Å². The van der Waals surface area contributed by atoms with Crippen LogP contribution in [0.15, 0.2) is 52.9 Å². The molecule has 7 nitrogen and oxygen atoms in total. The standard InChI is InChI=1S/C25H23FN4O3/c1-18-6-8-19(9-7-18)10-11-23-28-21(16-27)25(33-23)30-14-12-29(13-15-30)24(31)17-32-22-5-3-2-4-20(22)26/h2-11H,12-15,17H2,1H3. The molecule has 0 spiro atoms. The molecule has 1 aliphatic heterocycles. The summed E-state index contributed by atoms with van der Waals surface area (Å²) in [6.45, 7) is 3.61. The van der Waals surface area contributed by atoms with Gasteiger partial charge < -0.3 is 19.0 Å². The van der Waals surface area contributed by atoms with Crippen molar-refractivity contribution in [2.24, 2.45) is 0 Å². The number of nitrogens with zero attached hydrogens (tertiary/aromatic N) is 4. The van der Waals surface area contributed by atoms with Gasteiger partial charge in [-0.15, -0.1) is 0 Å². The van der Waals surface area contributed by atoms with Gasteiger partial charge in [0.25, 0.3) is 5.91 Å². The number of hydrogen-bond donors (Lipinski definition) is 0. The average Bonchev–Trinajstić information content (AvgIpc) is 3.26. The number of rotatable bonds is 6. The van der Waals surface area contributed by atoms with E-state index in [-0.39, 0.29) is 24.0 Å². The molecule has 33 heavy (non-hydrogen) atoms. The molecule has 0 unspecified atom stereocenters. The summed E-state index contributed by atoms with van der Waals surface area (Å²) in [5.74, 6) is 0.0695. The molecule has 0 atom stereocenters. The maximum absolute atomic E-state index is 13.7. The number of anilines is 1. The van der Waals surface area contributed by atoms with Gasteiger partial charge in [-0.05, 0) is 30.7 Å². The van der Waals surface area contributed by atoms with E-state index in [9.17, 15) is 14.4 Å². The van der Waals surface area contributed by atoms with Crippen LogP contribution in [0, 0.1) is 24.1 Å². The zero-order chi connectivity index (χ0) is 23.2. The molecule has 0 saturated carbocycles. The Bertz CT molecular complexity index is 1190. The number of amides is 1. The van der Waals surface area contributed by atoms with E-state index in [2.05, 4.69) is 11.1 Å². The van der Waals surface area contributed by atoms with Gasteiger partial charge in [0.2, 0.25) is 17.5 Å². The number of hydrogen-bond acceptors (Lipinski definition) is 6. The predicted molar refractivity (Wildman–Crippen MR) is 122 cm³/mol. The van der Waals surface area contributed by atoms with Crippen molar-refractivity contribution in [1.82, 2.24) is 9.88 Å². The lowest BCUT2D eigenvalue weighted by Crippen LogP contribution is -2.50. The van der Waals surface area contributed by atoms with Crippen molar-refractivity contribution < 1.29 is 18.3 Å². The van der Waals surface area contributed by atoms with E-state index in [0.29, 0.717) is 38.0 Å². The van der Waals surface area contributed by atoms with Gasteiger partial charge in [-0.3, -0.25) is 4.79 Å². The van der Waals surface area contributed by atoms with E-state index < -0.39 is 5.82 Å². The van der Waals surface area contributed by atoms with E-state index in [0.717, 1.165) is 5.56 Å². The van der Waals surface area contributed by atoms with Crippen molar-refractivity contribution in [2.45, 2.75) is 6.92 Å². The van der Waals surface area contributed by atoms with Crippen LogP contribution in [0.4, 0.5) is 10.3 Å². The third kappa shape index (κ3) is 5.39. The summed E-state index contributed by atoms with van der Waals surface area (Å²) in [7, 11) is 0. The fourth-order valence-electron chi connectivity index (χ4n) is 3.48. The van der Waals surface area contributed by atoms with Crippen LogP contribution in [0.2, 0.25) is 0 Å². The molecule has 1 saturated heterocycles. The van der Waals surface area contributed by atoms with Crippen molar-refractivity contribution in [3.05, 3.63) is 77.1 Å². The molecule has 0 bridgehead atoms. The normalized spacial score (nSPS) is 13.8. The number of benzene rings is 2. The first-order valence-electron chi connectivity index (χ1n) is 10.6. The summed E-state index contributed by atoms with van der Waals surface area (Å²) in [5, 5.41) is 9.48. The fourth-order valence-corrected chi connectivity index (χ4v) is 3.48. The largest absolute Gasteiger partial charge is 0.481 e. The third-order valence-corrected chi connectivity index (χ3v) is 5.33. The van der Waals surface area contributed by atoms with Crippen LogP contribution in [-0.4, -0.2) is 48.6 Å². The number of aromatic nitrogens is 1. The molecule has 1 fully saturated rings. The minimum absolute atomic E-state index is 0.0519. The molecule has 168 valence electrons. The van der Waals surface area contributed by atoms with Crippen LogP contribution in [0.1, 0.15) is 22.7 Å². The number of nitriles is 1. The monoisotopic (exact) mass is 446 g/mol. The SMILES string of the molecule is Cc1ccc(C=Cc2nc(C#N)c(N3CCN(C(=O)COc4ccccc4F)CC3)o2)cc1. The molecule has 3 aromatic rings. The molecule has 4 rings (SSSR count). The van der Waals surface area contributed by atoms with Gasteiger partial charge in [-0.25, -0.2) is 4.39 Å². The topological polar surface area (TPSA) is 82.6 Å². The van der Waals surface area contributed by atoms with Crippen molar-refractivity contribution in [2.75, 3.05) is 37.7 Å². The Labute approximate surface area is 191 Å². The first kappa shape index (κ1) is 22.1. The maximum Gasteiger partial charge on any atom is 0.260 e. The summed E-state index contributed by atoms with van der Waals surface area (Å²) in [5.41, 5.74) is 2.39. The molecule has 0 radical (unpaired) electrons. The second-order valence-electron chi connectivity index (χ2n) is 7.65. The van der Waals surface area contributed by atoms with E-state index in [1.165, 1.54) is 17.7 Å². The first-order valence-corrected chi connectivity index (χ1v) is 10.6. The number of oxazole rings is 1. The molecule has 2 heterocycles. The molecular formula is C25H23FN4O3. The lowest BCUT2D eigenvalue weighted by molar-refractivity contribution is -0.133. The number of piperazine rings is 1. The Morgan fingerprint density at radius 1 is 1.15 bits per heavy atom. The molecular weight excluding hydrogens is 423 g/mol. The number of ether oxygens (including phenoxy) is 1. The van der Waals surface area contributed by atoms with Crippen molar-refractivity contribution in [3.8, 4) is 11.8 Å².